The van der Waals surface area contributed by atoms with Gasteiger partial charge >= 0.3 is 5.97 Å². The molecule has 3 aromatic rings. The molecule has 136 valence electrons. The minimum absolute atomic E-state index is 0.251. The number of rotatable bonds is 7. The van der Waals surface area contributed by atoms with Crippen molar-refractivity contribution in [3.05, 3.63) is 68.9 Å². The molecule has 0 saturated carbocycles. The Bertz CT molecular complexity index is 914. The Kier molecular flexibility index (Phi) is 5.98. The summed E-state index contributed by atoms with van der Waals surface area (Å²) in [6.07, 6.45) is 4.91. The zero-order valence-electron chi connectivity index (χ0n) is 14.3. The zero-order valence-corrected chi connectivity index (χ0v) is 17.5. The first kappa shape index (κ1) is 18.9. The van der Waals surface area contributed by atoms with Gasteiger partial charge in [0.15, 0.2) is 0 Å². The van der Waals surface area contributed by atoms with Gasteiger partial charge in [-0.1, -0.05) is 25.5 Å². The van der Waals surface area contributed by atoms with Gasteiger partial charge in [0, 0.05) is 24.8 Å². The van der Waals surface area contributed by atoms with E-state index in [2.05, 4.69) is 48.3 Å². The molecule has 2 aromatic heterocycles. The van der Waals surface area contributed by atoms with E-state index in [9.17, 15) is 9.90 Å². The van der Waals surface area contributed by atoms with Crippen molar-refractivity contribution in [2.45, 2.75) is 32.7 Å². The van der Waals surface area contributed by atoms with Gasteiger partial charge in [-0.3, -0.25) is 0 Å². The van der Waals surface area contributed by atoms with E-state index < -0.39 is 5.97 Å². The maximum Gasteiger partial charge on any atom is 0.352 e. The van der Waals surface area contributed by atoms with Gasteiger partial charge in [0.25, 0.3) is 0 Å². The smallest absolute Gasteiger partial charge is 0.352 e. The lowest BCUT2D eigenvalue weighted by Gasteiger charge is -2.11. The number of imidazole rings is 1. The van der Waals surface area contributed by atoms with Gasteiger partial charge in [-0.05, 0) is 68.1 Å². The second kappa shape index (κ2) is 8.22. The molecule has 1 aromatic carbocycles. The van der Waals surface area contributed by atoms with E-state index in [0.717, 1.165) is 45.5 Å². The second-order valence-electron chi connectivity index (χ2n) is 6.03. The predicted molar refractivity (Wildman–Crippen MR) is 108 cm³/mol. The number of hydrogen-bond acceptors (Lipinski definition) is 2. The topological polar surface area (TPSA) is 60.0 Å². The van der Waals surface area contributed by atoms with Gasteiger partial charge in [0.1, 0.15) is 20.7 Å². The fraction of sp³-hybridized carbons (Fsp3) is 0.263. The fourth-order valence-electron chi connectivity index (χ4n) is 2.86. The van der Waals surface area contributed by atoms with Gasteiger partial charge < -0.3 is 14.2 Å². The van der Waals surface area contributed by atoms with Crippen LogP contribution < -0.4 is 0 Å². The summed E-state index contributed by atoms with van der Waals surface area (Å²) in [5.41, 5.74) is 2.20. The highest BCUT2D eigenvalue weighted by Gasteiger charge is 2.14. The molecule has 0 radical (unpaired) electrons. The Hall–Kier alpha value is -1.86. The van der Waals surface area contributed by atoms with Crippen LogP contribution in [0.1, 0.15) is 41.6 Å². The number of unbranched alkanes of at least 4 members (excludes halogenated alkanes) is 1. The Labute approximate surface area is 168 Å². The second-order valence-corrected chi connectivity index (χ2v) is 7.54. The first-order chi connectivity index (χ1) is 12.5. The number of carboxylic acids is 1. The SMILES string of the molecule is CCCCc1nc(Br)c(Br)n1Cc1ccc(-n2cccc2C(=O)O)cc1. The van der Waals surface area contributed by atoms with Crippen LogP contribution in [0.5, 0.6) is 0 Å². The molecular weight excluding hydrogens is 462 g/mol. The summed E-state index contributed by atoms with van der Waals surface area (Å²) in [4.78, 5) is 15.9. The Morgan fingerprint density at radius 3 is 2.58 bits per heavy atom. The quantitative estimate of drug-likeness (QED) is 0.499. The van der Waals surface area contributed by atoms with Crippen LogP contribution in [-0.4, -0.2) is 25.2 Å². The highest BCUT2D eigenvalue weighted by molar-refractivity contribution is 9.13. The molecule has 5 nitrogen and oxygen atoms in total. The summed E-state index contributed by atoms with van der Waals surface area (Å²) in [6.45, 7) is 2.87. The number of hydrogen-bond donors (Lipinski definition) is 1. The third-order valence-corrected chi connectivity index (χ3v) is 6.11. The molecule has 0 atom stereocenters. The number of benzene rings is 1. The van der Waals surface area contributed by atoms with Gasteiger partial charge in [0.05, 0.1) is 0 Å². The molecule has 0 unspecified atom stereocenters. The number of halogens is 2. The largest absolute Gasteiger partial charge is 0.477 e. The lowest BCUT2D eigenvalue weighted by molar-refractivity contribution is 0.0688. The van der Waals surface area contributed by atoms with Crippen LogP contribution >= 0.6 is 31.9 Å². The zero-order chi connectivity index (χ0) is 18.7. The van der Waals surface area contributed by atoms with Crippen molar-refractivity contribution in [2.24, 2.45) is 0 Å². The van der Waals surface area contributed by atoms with Crippen molar-refractivity contribution in [3.63, 3.8) is 0 Å². The van der Waals surface area contributed by atoms with Crippen molar-refractivity contribution in [1.29, 1.82) is 0 Å². The summed E-state index contributed by atoms with van der Waals surface area (Å²) >= 11 is 7.10. The van der Waals surface area contributed by atoms with Crippen LogP contribution in [-0.2, 0) is 13.0 Å². The maximum atomic E-state index is 11.3. The van der Waals surface area contributed by atoms with Crippen molar-refractivity contribution in [1.82, 2.24) is 14.1 Å². The summed E-state index contributed by atoms with van der Waals surface area (Å²) in [5, 5.41) is 9.26. The standard InChI is InChI=1S/C19H19Br2N3O2/c1-2-3-6-16-22-17(20)18(21)24(16)12-13-7-9-14(10-8-13)23-11-4-5-15(23)19(25)26/h4-5,7-11H,2-3,6,12H2,1H3,(H,25,26). The highest BCUT2D eigenvalue weighted by atomic mass is 79.9. The average Bonchev–Trinajstić information content (AvgIpc) is 3.22. The molecule has 0 aliphatic carbocycles. The Morgan fingerprint density at radius 1 is 1.19 bits per heavy atom. The average molecular weight is 481 g/mol. The lowest BCUT2D eigenvalue weighted by Crippen LogP contribution is -2.07. The van der Waals surface area contributed by atoms with E-state index in [0.29, 0.717) is 6.54 Å². The third-order valence-electron chi connectivity index (χ3n) is 4.22. The van der Waals surface area contributed by atoms with Gasteiger partial charge in [-0.25, -0.2) is 9.78 Å². The molecule has 2 heterocycles. The maximum absolute atomic E-state index is 11.3. The third kappa shape index (κ3) is 3.94. The van der Waals surface area contributed by atoms with Crippen molar-refractivity contribution in [2.75, 3.05) is 0 Å². The number of aryl methyl sites for hydroxylation is 1. The normalized spacial score (nSPS) is 11.0. The van der Waals surface area contributed by atoms with E-state index in [1.54, 1.807) is 22.9 Å². The summed E-state index contributed by atoms with van der Waals surface area (Å²) in [5.74, 6) is 0.111. The molecule has 3 rings (SSSR count). The molecular formula is C19H19Br2N3O2. The van der Waals surface area contributed by atoms with Crippen LogP contribution in [0.15, 0.2) is 51.8 Å². The van der Waals surface area contributed by atoms with Crippen LogP contribution in [0, 0.1) is 0 Å². The van der Waals surface area contributed by atoms with Crippen molar-refractivity contribution < 1.29 is 9.90 Å². The number of carbonyl (C=O) groups is 1. The van der Waals surface area contributed by atoms with E-state index in [1.165, 1.54) is 0 Å². The Balaban J connectivity index is 1.84. The molecule has 0 bridgehead atoms. The van der Waals surface area contributed by atoms with Crippen molar-refractivity contribution >= 4 is 37.8 Å². The predicted octanol–water partition coefficient (Wildman–Crippen LogP) is 5.29. The van der Waals surface area contributed by atoms with E-state index in [-0.39, 0.29) is 5.69 Å². The molecule has 0 spiro atoms. The highest BCUT2D eigenvalue weighted by Crippen LogP contribution is 2.26. The van der Waals surface area contributed by atoms with E-state index >= 15 is 0 Å². The Morgan fingerprint density at radius 2 is 1.92 bits per heavy atom. The summed E-state index contributed by atoms with van der Waals surface area (Å²) in [7, 11) is 0. The van der Waals surface area contributed by atoms with Crippen molar-refractivity contribution in [3.8, 4) is 5.69 Å². The van der Waals surface area contributed by atoms with Gasteiger partial charge in [-0.15, -0.1) is 0 Å². The lowest BCUT2D eigenvalue weighted by atomic mass is 10.2. The number of aromatic nitrogens is 3. The summed E-state index contributed by atoms with van der Waals surface area (Å²) in [6, 6.07) is 11.2. The number of aromatic carboxylic acids is 1. The van der Waals surface area contributed by atoms with Crippen LogP contribution in [0.4, 0.5) is 0 Å². The molecule has 1 N–H and O–H groups in total. The van der Waals surface area contributed by atoms with Gasteiger partial charge in [-0.2, -0.15) is 0 Å². The first-order valence-electron chi connectivity index (χ1n) is 8.41. The van der Waals surface area contributed by atoms with Gasteiger partial charge in [0.2, 0.25) is 0 Å². The molecule has 0 saturated heterocycles. The van der Waals surface area contributed by atoms with Crippen LogP contribution in [0.25, 0.3) is 5.69 Å². The molecule has 0 aliphatic rings. The number of nitrogens with zero attached hydrogens (tertiary/aromatic N) is 3. The molecule has 0 aliphatic heterocycles. The van der Waals surface area contributed by atoms with E-state index in [4.69, 9.17) is 0 Å². The van der Waals surface area contributed by atoms with Crippen LogP contribution in [0.2, 0.25) is 0 Å². The first-order valence-corrected chi connectivity index (χ1v) is 10.00. The molecule has 7 heteroatoms. The molecule has 0 amide bonds. The minimum Gasteiger partial charge on any atom is -0.477 e. The number of carboxylic acid groups (broad SMARTS) is 1. The van der Waals surface area contributed by atoms with E-state index in [1.807, 2.05) is 24.3 Å². The minimum atomic E-state index is -0.938. The molecule has 0 fully saturated rings. The summed E-state index contributed by atoms with van der Waals surface area (Å²) < 4.78 is 5.58. The monoisotopic (exact) mass is 479 g/mol. The van der Waals surface area contributed by atoms with Crippen LogP contribution in [0.3, 0.4) is 0 Å². The molecule has 26 heavy (non-hydrogen) atoms. The fourth-order valence-corrected chi connectivity index (χ4v) is 3.69.